The lowest BCUT2D eigenvalue weighted by Crippen LogP contribution is -2.42. The van der Waals surface area contributed by atoms with Crippen LogP contribution in [0.15, 0.2) is 0 Å². The molecule has 1 fully saturated rings. The molecule has 0 unspecified atom stereocenters. The van der Waals surface area contributed by atoms with E-state index in [1.165, 1.54) is 25.8 Å². The number of nitrogens with one attached hydrogen (secondary N) is 2. The summed E-state index contributed by atoms with van der Waals surface area (Å²) in [5.41, 5.74) is 0.269. The zero-order valence-electron chi connectivity index (χ0n) is 10.2. The highest BCUT2D eigenvalue weighted by atomic mass is 15.0. The number of hydrogen-bond donors (Lipinski definition) is 2. The molecule has 1 aliphatic rings. The Morgan fingerprint density at radius 1 is 1.14 bits per heavy atom. The van der Waals surface area contributed by atoms with Gasteiger partial charge >= 0.3 is 0 Å². The zero-order valence-corrected chi connectivity index (χ0v) is 10.2. The summed E-state index contributed by atoms with van der Waals surface area (Å²) >= 11 is 0. The van der Waals surface area contributed by atoms with Crippen LogP contribution in [0.4, 0.5) is 0 Å². The van der Waals surface area contributed by atoms with Gasteiger partial charge in [-0.15, -0.1) is 0 Å². The van der Waals surface area contributed by atoms with E-state index in [1.54, 1.807) is 0 Å². The summed E-state index contributed by atoms with van der Waals surface area (Å²) in [6, 6.07) is 0.819. The second-order valence-electron chi connectivity index (χ2n) is 5.76. The van der Waals surface area contributed by atoms with E-state index in [0.29, 0.717) is 0 Å². The summed E-state index contributed by atoms with van der Waals surface area (Å²) in [4.78, 5) is 0. The summed E-state index contributed by atoms with van der Waals surface area (Å²) in [6.07, 6.45) is 4.00. The molecule has 14 heavy (non-hydrogen) atoms. The van der Waals surface area contributed by atoms with Crippen molar-refractivity contribution in [3.63, 3.8) is 0 Å². The second-order valence-corrected chi connectivity index (χ2v) is 5.76. The smallest absolute Gasteiger partial charge is 0.00965 e. The maximum absolute atomic E-state index is 3.60. The molecule has 0 amide bonds. The Kier molecular flexibility index (Phi) is 4.39. The van der Waals surface area contributed by atoms with Crippen molar-refractivity contribution in [2.45, 2.75) is 58.5 Å². The van der Waals surface area contributed by atoms with Crippen molar-refractivity contribution in [2.75, 3.05) is 13.1 Å². The summed E-state index contributed by atoms with van der Waals surface area (Å²) in [7, 11) is 0. The van der Waals surface area contributed by atoms with E-state index >= 15 is 0 Å². The van der Waals surface area contributed by atoms with Crippen LogP contribution in [0.25, 0.3) is 0 Å². The normalized spacial score (nSPS) is 27.4. The van der Waals surface area contributed by atoms with Gasteiger partial charge in [-0.1, -0.05) is 6.92 Å². The molecular weight excluding hydrogens is 172 g/mol. The van der Waals surface area contributed by atoms with Gasteiger partial charge in [0.05, 0.1) is 0 Å². The van der Waals surface area contributed by atoms with Gasteiger partial charge in [-0.3, -0.25) is 0 Å². The van der Waals surface area contributed by atoms with Crippen LogP contribution in [0.3, 0.4) is 0 Å². The van der Waals surface area contributed by atoms with Crippen molar-refractivity contribution >= 4 is 0 Å². The third-order valence-corrected chi connectivity index (χ3v) is 2.82. The Morgan fingerprint density at radius 2 is 1.79 bits per heavy atom. The molecule has 1 saturated carbocycles. The molecule has 0 aromatic heterocycles. The summed E-state index contributed by atoms with van der Waals surface area (Å²) in [6.45, 7) is 11.3. The molecule has 0 spiro atoms. The first-order valence-electron chi connectivity index (χ1n) is 5.96. The van der Waals surface area contributed by atoms with E-state index < -0.39 is 0 Å². The monoisotopic (exact) mass is 198 g/mol. The van der Waals surface area contributed by atoms with Crippen LogP contribution in [0.5, 0.6) is 0 Å². The highest BCUT2D eigenvalue weighted by Gasteiger charge is 2.23. The van der Waals surface area contributed by atoms with E-state index in [2.05, 4.69) is 38.3 Å². The van der Waals surface area contributed by atoms with E-state index in [-0.39, 0.29) is 5.54 Å². The Balaban J connectivity index is 1.85. The fourth-order valence-corrected chi connectivity index (χ4v) is 1.93. The first-order chi connectivity index (χ1) is 6.47. The SMILES string of the molecule is CC1CC(NCCCNC(C)(C)C)C1. The molecule has 0 atom stereocenters. The summed E-state index contributed by atoms with van der Waals surface area (Å²) in [5.74, 6) is 0.959. The van der Waals surface area contributed by atoms with Crippen LogP contribution in [-0.2, 0) is 0 Å². The van der Waals surface area contributed by atoms with Crippen LogP contribution in [0.1, 0.15) is 47.0 Å². The van der Waals surface area contributed by atoms with Crippen LogP contribution in [0, 0.1) is 5.92 Å². The van der Waals surface area contributed by atoms with Crippen molar-refractivity contribution in [2.24, 2.45) is 5.92 Å². The summed E-state index contributed by atoms with van der Waals surface area (Å²) in [5, 5.41) is 7.10. The summed E-state index contributed by atoms with van der Waals surface area (Å²) < 4.78 is 0. The van der Waals surface area contributed by atoms with E-state index in [0.717, 1.165) is 18.5 Å². The Bertz CT molecular complexity index is 154. The van der Waals surface area contributed by atoms with Gasteiger partial charge in [0, 0.05) is 11.6 Å². The van der Waals surface area contributed by atoms with Crippen molar-refractivity contribution in [1.82, 2.24) is 10.6 Å². The molecule has 2 heteroatoms. The Morgan fingerprint density at radius 3 is 2.29 bits per heavy atom. The van der Waals surface area contributed by atoms with Gasteiger partial charge < -0.3 is 10.6 Å². The molecule has 2 N–H and O–H groups in total. The molecule has 2 nitrogen and oxygen atoms in total. The number of hydrogen-bond acceptors (Lipinski definition) is 2. The standard InChI is InChI=1S/C12H26N2/c1-10-8-11(9-10)13-6-5-7-14-12(2,3)4/h10-11,13-14H,5-9H2,1-4H3. The molecule has 0 aliphatic heterocycles. The minimum atomic E-state index is 0.269. The van der Waals surface area contributed by atoms with Gasteiger partial charge in [0.15, 0.2) is 0 Å². The average molecular weight is 198 g/mol. The quantitative estimate of drug-likeness (QED) is 0.662. The highest BCUT2D eigenvalue weighted by molar-refractivity contribution is 4.82. The topological polar surface area (TPSA) is 24.1 Å². The van der Waals surface area contributed by atoms with Crippen molar-refractivity contribution < 1.29 is 0 Å². The van der Waals surface area contributed by atoms with Crippen molar-refractivity contribution in [3.8, 4) is 0 Å². The Hall–Kier alpha value is -0.0800. The fraction of sp³-hybridized carbons (Fsp3) is 1.00. The maximum Gasteiger partial charge on any atom is 0.00965 e. The Labute approximate surface area is 88.8 Å². The van der Waals surface area contributed by atoms with Crippen molar-refractivity contribution in [1.29, 1.82) is 0 Å². The van der Waals surface area contributed by atoms with Crippen molar-refractivity contribution in [3.05, 3.63) is 0 Å². The van der Waals surface area contributed by atoms with Gasteiger partial charge in [-0.05, 0) is 59.0 Å². The molecule has 0 aromatic carbocycles. The van der Waals surface area contributed by atoms with Gasteiger partial charge in [0.1, 0.15) is 0 Å². The first-order valence-corrected chi connectivity index (χ1v) is 5.96. The zero-order chi connectivity index (χ0) is 10.6. The minimum Gasteiger partial charge on any atom is -0.314 e. The molecular formula is C12H26N2. The molecule has 84 valence electrons. The highest BCUT2D eigenvalue weighted by Crippen LogP contribution is 2.25. The van der Waals surface area contributed by atoms with Crippen LogP contribution in [0.2, 0.25) is 0 Å². The molecule has 0 bridgehead atoms. The van der Waals surface area contributed by atoms with Crippen LogP contribution < -0.4 is 10.6 Å². The van der Waals surface area contributed by atoms with Gasteiger partial charge in [0.2, 0.25) is 0 Å². The molecule has 1 aliphatic carbocycles. The number of rotatable bonds is 5. The average Bonchev–Trinajstić information content (AvgIpc) is 1.98. The van der Waals surface area contributed by atoms with Crippen LogP contribution in [-0.4, -0.2) is 24.7 Å². The van der Waals surface area contributed by atoms with E-state index in [4.69, 9.17) is 0 Å². The second kappa shape index (κ2) is 5.13. The van der Waals surface area contributed by atoms with Gasteiger partial charge in [-0.2, -0.15) is 0 Å². The lowest BCUT2D eigenvalue weighted by molar-refractivity contribution is 0.240. The van der Waals surface area contributed by atoms with Gasteiger partial charge in [0.25, 0.3) is 0 Å². The molecule has 0 heterocycles. The predicted molar refractivity (Wildman–Crippen MR) is 62.6 cm³/mol. The lowest BCUT2D eigenvalue weighted by Gasteiger charge is -2.33. The fourth-order valence-electron chi connectivity index (χ4n) is 1.93. The third-order valence-electron chi connectivity index (χ3n) is 2.82. The minimum absolute atomic E-state index is 0.269. The maximum atomic E-state index is 3.60. The van der Waals surface area contributed by atoms with E-state index in [1.807, 2.05) is 0 Å². The third kappa shape index (κ3) is 4.97. The van der Waals surface area contributed by atoms with Crippen LogP contribution >= 0.6 is 0 Å². The molecule has 0 saturated heterocycles. The predicted octanol–water partition coefficient (Wildman–Crippen LogP) is 2.15. The first kappa shape index (κ1) is 12.0. The van der Waals surface area contributed by atoms with Gasteiger partial charge in [-0.25, -0.2) is 0 Å². The molecule has 0 aromatic rings. The molecule has 0 radical (unpaired) electrons. The largest absolute Gasteiger partial charge is 0.314 e. The lowest BCUT2D eigenvalue weighted by atomic mass is 9.82. The van der Waals surface area contributed by atoms with E-state index in [9.17, 15) is 0 Å². The molecule has 1 rings (SSSR count).